The van der Waals surface area contributed by atoms with Gasteiger partial charge in [-0.05, 0) is 38.1 Å². The maximum Gasteiger partial charge on any atom is 0.268 e. The van der Waals surface area contributed by atoms with Gasteiger partial charge >= 0.3 is 0 Å². The third kappa shape index (κ3) is 2.02. The van der Waals surface area contributed by atoms with Crippen LogP contribution < -0.4 is 0 Å². The molecule has 0 radical (unpaired) electrons. The zero-order valence-electron chi connectivity index (χ0n) is 11.4. The zero-order valence-corrected chi connectivity index (χ0v) is 12.3. The molecule has 104 valence electrons. The molecule has 6 nitrogen and oxygen atoms in total. The van der Waals surface area contributed by atoms with Crippen LogP contribution in [0, 0.1) is 13.8 Å². The number of aryl methyl sites for hydroxylation is 2. The van der Waals surface area contributed by atoms with Gasteiger partial charge in [-0.2, -0.15) is 4.98 Å². The Kier molecular flexibility index (Phi) is 2.61. The monoisotopic (exact) mass is 297 g/mol. The molecule has 0 aliphatic rings. The number of hydrogen-bond acceptors (Lipinski definition) is 6. The summed E-state index contributed by atoms with van der Waals surface area (Å²) in [6, 6.07) is 7.83. The molecule has 0 spiro atoms. The lowest BCUT2D eigenvalue weighted by atomic mass is 10.2. The van der Waals surface area contributed by atoms with Crippen molar-refractivity contribution in [2.24, 2.45) is 0 Å². The number of hydrogen-bond donors (Lipinski definition) is 0. The smallest absolute Gasteiger partial charge is 0.268 e. The molecule has 0 aliphatic carbocycles. The van der Waals surface area contributed by atoms with Crippen molar-refractivity contribution in [3.8, 4) is 22.2 Å². The lowest BCUT2D eigenvalue weighted by molar-refractivity contribution is 0.433. The lowest BCUT2D eigenvalue weighted by Gasteiger charge is -1.97. The number of pyridine rings is 1. The molecule has 0 atom stereocenters. The molecular weight excluding hydrogens is 286 g/mol. The van der Waals surface area contributed by atoms with Crippen LogP contribution in [0.5, 0.6) is 0 Å². The average Bonchev–Trinajstić information content (AvgIpc) is 3.19. The van der Waals surface area contributed by atoms with Crippen LogP contribution in [-0.4, -0.2) is 24.7 Å². The molecular formula is C14H11N5OS. The van der Waals surface area contributed by atoms with Crippen LogP contribution in [-0.2, 0) is 0 Å². The Balaban J connectivity index is 1.78. The summed E-state index contributed by atoms with van der Waals surface area (Å²) in [7, 11) is 0. The predicted octanol–water partition coefficient (Wildman–Crippen LogP) is 3.12. The summed E-state index contributed by atoms with van der Waals surface area (Å²) in [6.45, 7) is 3.95. The lowest BCUT2D eigenvalue weighted by Crippen LogP contribution is -1.90. The highest BCUT2D eigenvalue weighted by Gasteiger charge is 2.13. The molecule has 0 fully saturated rings. The molecule has 0 aliphatic heterocycles. The summed E-state index contributed by atoms with van der Waals surface area (Å²) in [4.78, 5) is 6.66. The zero-order chi connectivity index (χ0) is 14.4. The van der Waals surface area contributed by atoms with Gasteiger partial charge in [0.25, 0.3) is 5.89 Å². The van der Waals surface area contributed by atoms with Gasteiger partial charge in [-0.1, -0.05) is 5.16 Å². The summed E-state index contributed by atoms with van der Waals surface area (Å²) < 4.78 is 7.25. The number of nitrogens with zero attached hydrogens (tertiary/aromatic N) is 5. The molecule has 0 unspecified atom stereocenters. The molecule has 4 heterocycles. The SMILES string of the molecule is Cc1ccc(-c2nc(-c3ccc4nnc(C)n4c3)no2)s1. The summed E-state index contributed by atoms with van der Waals surface area (Å²) in [6.07, 6.45) is 1.92. The van der Waals surface area contributed by atoms with E-state index in [1.54, 1.807) is 11.3 Å². The van der Waals surface area contributed by atoms with E-state index in [9.17, 15) is 0 Å². The Morgan fingerprint density at radius 1 is 1.10 bits per heavy atom. The van der Waals surface area contributed by atoms with Crippen molar-refractivity contribution in [3.63, 3.8) is 0 Å². The first-order chi connectivity index (χ1) is 10.2. The molecule has 4 aromatic heterocycles. The first-order valence-corrected chi connectivity index (χ1v) is 7.24. The Labute approximate surface area is 124 Å². The Bertz CT molecular complexity index is 936. The van der Waals surface area contributed by atoms with E-state index in [4.69, 9.17) is 4.52 Å². The number of rotatable bonds is 2. The maximum atomic E-state index is 5.35. The van der Waals surface area contributed by atoms with Crippen LogP contribution in [0.25, 0.3) is 27.8 Å². The first kappa shape index (κ1) is 12.2. The molecule has 4 aromatic rings. The van der Waals surface area contributed by atoms with Crippen molar-refractivity contribution in [2.45, 2.75) is 13.8 Å². The van der Waals surface area contributed by atoms with Crippen molar-refractivity contribution in [2.75, 3.05) is 0 Å². The standard InChI is InChI=1S/C14H11N5OS/c1-8-3-5-11(21-8)14-15-13(18-20-14)10-4-6-12-17-16-9(2)19(12)7-10/h3-7H,1-2H3. The molecule has 7 heteroatoms. The minimum atomic E-state index is 0.545. The van der Waals surface area contributed by atoms with Crippen LogP contribution in [0.3, 0.4) is 0 Å². The van der Waals surface area contributed by atoms with E-state index in [0.717, 1.165) is 21.9 Å². The van der Waals surface area contributed by atoms with Gasteiger partial charge in [0, 0.05) is 16.6 Å². The van der Waals surface area contributed by atoms with E-state index in [0.29, 0.717) is 11.7 Å². The first-order valence-electron chi connectivity index (χ1n) is 6.43. The van der Waals surface area contributed by atoms with E-state index in [1.165, 1.54) is 4.88 Å². The van der Waals surface area contributed by atoms with Gasteiger partial charge in [0.1, 0.15) is 5.82 Å². The molecule has 0 amide bonds. The Morgan fingerprint density at radius 2 is 2.00 bits per heavy atom. The van der Waals surface area contributed by atoms with Crippen LogP contribution in [0.4, 0.5) is 0 Å². The maximum absolute atomic E-state index is 5.35. The fourth-order valence-electron chi connectivity index (χ4n) is 2.13. The Hall–Kier alpha value is -2.54. The van der Waals surface area contributed by atoms with Gasteiger partial charge < -0.3 is 4.52 Å². The second kappa shape index (κ2) is 4.49. The fourth-order valence-corrected chi connectivity index (χ4v) is 2.92. The highest BCUT2D eigenvalue weighted by molar-refractivity contribution is 7.15. The highest BCUT2D eigenvalue weighted by Crippen LogP contribution is 2.28. The van der Waals surface area contributed by atoms with E-state index in [1.807, 2.05) is 48.7 Å². The normalized spacial score (nSPS) is 11.3. The van der Waals surface area contributed by atoms with Crippen molar-refractivity contribution in [1.82, 2.24) is 24.7 Å². The van der Waals surface area contributed by atoms with Crippen molar-refractivity contribution >= 4 is 17.0 Å². The van der Waals surface area contributed by atoms with Gasteiger partial charge in [0.05, 0.1) is 4.88 Å². The predicted molar refractivity (Wildman–Crippen MR) is 79.1 cm³/mol. The fraction of sp³-hybridized carbons (Fsp3) is 0.143. The Morgan fingerprint density at radius 3 is 2.81 bits per heavy atom. The van der Waals surface area contributed by atoms with E-state index in [-0.39, 0.29) is 0 Å². The van der Waals surface area contributed by atoms with Gasteiger partial charge in [-0.3, -0.25) is 4.40 Å². The van der Waals surface area contributed by atoms with E-state index < -0.39 is 0 Å². The largest absolute Gasteiger partial charge is 0.333 e. The van der Waals surface area contributed by atoms with Crippen LogP contribution >= 0.6 is 11.3 Å². The van der Waals surface area contributed by atoms with E-state index in [2.05, 4.69) is 20.3 Å². The molecule has 0 N–H and O–H groups in total. The van der Waals surface area contributed by atoms with Crippen LogP contribution in [0.15, 0.2) is 35.0 Å². The van der Waals surface area contributed by atoms with Gasteiger partial charge in [0.2, 0.25) is 5.82 Å². The molecule has 0 bridgehead atoms. The third-order valence-electron chi connectivity index (χ3n) is 3.21. The summed E-state index contributed by atoms with van der Waals surface area (Å²) in [5.41, 5.74) is 1.67. The molecule has 0 saturated carbocycles. The molecule has 21 heavy (non-hydrogen) atoms. The van der Waals surface area contributed by atoms with E-state index >= 15 is 0 Å². The van der Waals surface area contributed by atoms with Gasteiger partial charge in [-0.25, -0.2) is 0 Å². The molecule has 0 aromatic carbocycles. The number of aromatic nitrogens is 5. The average molecular weight is 297 g/mol. The second-order valence-electron chi connectivity index (χ2n) is 4.73. The summed E-state index contributed by atoms with van der Waals surface area (Å²) in [5.74, 6) is 1.93. The topological polar surface area (TPSA) is 69.1 Å². The van der Waals surface area contributed by atoms with Crippen molar-refractivity contribution in [1.29, 1.82) is 0 Å². The van der Waals surface area contributed by atoms with Crippen molar-refractivity contribution in [3.05, 3.63) is 41.2 Å². The highest BCUT2D eigenvalue weighted by atomic mass is 32.1. The number of thiophene rings is 1. The minimum absolute atomic E-state index is 0.545. The summed E-state index contributed by atoms with van der Waals surface area (Å²) >= 11 is 1.63. The quantitative estimate of drug-likeness (QED) is 0.568. The summed E-state index contributed by atoms with van der Waals surface area (Å²) in [5, 5.41) is 12.2. The van der Waals surface area contributed by atoms with Crippen molar-refractivity contribution < 1.29 is 4.52 Å². The van der Waals surface area contributed by atoms with Gasteiger partial charge in [-0.15, -0.1) is 21.5 Å². The third-order valence-corrected chi connectivity index (χ3v) is 4.20. The minimum Gasteiger partial charge on any atom is -0.333 e. The number of fused-ring (bicyclic) bond motifs is 1. The van der Waals surface area contributed by atoms with Gasteiger partial charge in [0.15, 0.2) is 5.65 Å². The van der Waals surface area contributed by atoms with Crippen LogP contribution in [0.1, 0.15) is 10.7 Å². The molecule has 0 saturated heterocycles. The second-order valence-corrected chi connectivity index (χ2v) is 6.01. The van der Waals surface area contributed by atoms with Crippen LogP contribution in [0.2, 0.25) is 0 Å². The molecule has 4 rings (SSSR count).